The first-order valence-corrected chi connectivity index (χ1v) is 8.18. The minimum Gasteiger partial charge on any atom is -0.332 e. The summed E-state index contributed by atoms with van der Waals surface area (Å²) in [6.45, 7) is 0. The highest BCUT2D eigenvalue weighted by molar-refractivity contribution is 7.80. The van der Waals surface area contributed by atoms with Gasteiger partial charge in [-0.25, -0.2) is 0 Å². The molecule has 0 spiro atoms. The van der Waals surface area contributed by atoms with E-state index in [4.69, 9.17) is 12.2 Å². The summed E-state index contributed by atoms with van der Waals surface area (Å²) in [7, 11) is 0. The SMILES string of the molecule is N#Cc1c(NC(=S)Nc2ccccc2)sc2c1CCCC2. The molecule has 3 nitrogen and oxygen atoms in total. The maximum absolute atomic E-state index is 9.42. The first kappa shape index (κ1) is 14.1. The quantitative estimate of drug-likeness (QED) is 0.811. The molecule has 1 aromatic carbocycles. The number of aryl methyl sites for hydroxylation is 1. The Kier molecular flexibility index (Phi) is 4.18. The molecule has 0 radical (unpaired) electrons. The molecule has 5 heteroatoms. The Morgan fingerprint density at radius 3 is 2.67 bits per heavy atom. The number of para-hydroxylation sites is 1. The highest BCUT2D eigenvalue weighted by Gasteiger charge is 2.21. The molecule has 1 aliphatic carbocycles. The van der Waals surface area contributed by atoms with Crippen LogP contribution in [0.25, 0.3) is 0 Å². The van der Waals surface area contributed by atoms with E-state index in [1.54, 1.807) is 11.3 Å². The van der Waals surface area contributed by atoms with Gasteiger partial charge < -0.3 is 10.6 Å². The van der Waals surface area contributed by atoms with E-state index < -0.39 is 0 Å². The van der Waals surface area contributed by atoms with Crippen molar-refractivity contribution >= 4 is 39.4 Å². The fourth-order valence-corrected chi connectivity index (χ4v) is 4.09. The van der Waals surface area contributed by atoms with E-state index in [2.05, 4.69) is 16.7 Å². The van der Waals surface area contributed by atoms with Crippen molar-refractivity contribution in [2.75, 3.05) is 10.6 Å². The van der Waals surface area contributed by atoms with Crippen molar-refractivity contribution in [2.24, 2.45) is 0 Å². The third-order valence-electron chi connectivity index (χ3n) is 3.54. The standard InChI is InChI=1S/C16H15N3S2/c17-10-13-12-8-4-5-9-14(12)21-15(13)19-16(20)18-11-6-2-1-3-7-11/h1-3,6-7H,4-5,8-9H2,(H2,18,19,20). The van der Waals surface area contributed by atoms with Gasteiger partial charge in [0.2, 0.25) is 0 Å². The van der Waals surface area contributed by atoms with Gasteiger partial charge in [0.1, 0.15) is 11.1 Å². The molecule has 0 unspecified atom stereocenters. The fraction of sp³-hybridized carbons (Fsp3) is 0.250. The number of hydrogen-bond acceptors (Lipinski definition) is 3. The van der Waals surface area contributed by atoms with E-state index in [1.807, 2.05) is 30.3 Å². The number of anilines is 2. The molecule has 1 aromatic heterocycles. The van der Waals surface area contributed by atoms with Gasteiger partial charge in [-0.15, -0.1) is 11.3 Å². The van der Waals surface area contributed by atoms with Gasteiger partial charge in [0, 0.05) is 10.6 Å². The molecule has 1 aliphatic rings. The smallest absolute Gasteiger partial charge is 0.175 e. The summed E-state index contributed by atoms with van der Waals surface area (Å²) in [4.78, 5) is 1.34. The van der Waals surface area contributed by atoms with Gasteiger partial charge in [-0.2, -0.15) is 5.26 Å². The maximum atomic E-state index is 9.42. The third-order valence-corrected chi connectivity index (χ3v) is 4.95. The summed E-state index contributed by atoms with van der Waals surface area (Å²) < 4.78 is 0. The van der Waals surface area contributed by atoms with Gasteiger partial charge in [0.25, 0.3) is 0 Å². The van der Waals surface area contributed by atoms with Crippen LogP contribution >= 0.6 is 23.6 Å². The van der Waals surface area contributed by atoms with Crippen LogP contribution in [-0.2, 0) is 12.8 Å². The van der Waals surface area contributed by atoms with Crippen molar-refractivity contribution < 1.29 is 0 Å². The molecule has 0 fully saturated rings. The zero-order valence-corrected chi connectivity index (χ0v) is 13.1. The first-order valence-electron chi connectivity index (χ1n) is 6.95. The van der Waals surface area contributed by atoms with Crippen molar-refractivity contribution in [3.05, 3.63) is 46.3 Å². The van der Waals surface area contributed by atoms with E-state index in [-0.39, 0.29) is 0 Å². The number of nitrogens with one attached hydrogen (secondary N) is 2. The molecule has 21 heavy (non-hydrogen) atoms. The molecule has 1 heterocycles. The molecule has 106 valence electrons. The second-order valence-corrected chi connectivity index (χ2v) is 6.49. The Balaban J connectivity index is 1.77. The maximum Gasteiger partial charge on any atom is 0.175 e. The lowest BCUT2D eigenvalue weighted by molar-refractivity contribution is 0.696. The van der Waals surface area contributed by atoms with E-state index in [0.29, 0.717) is 5.11 Å². The number of nitrogens with zero attached hydrogens (tertiary/aromatic N) is 1. The summed E-state index contributed by atoms with van der Waals surface area (Å²) in [5.41, 5.74) is 2.93. The van der Waals surface area contributed by atoms with Crippen LogP contribution in [0.1, 0.15) is 28.8 Å². The number of thiophene rings is 1. The molecule has 3 rings (SSSR count). The molecule has 0 saturated heterocycles. The normalized spacial score (nSPS) is 13.1. The number of rotatable bonds is 2. The summed E-state index contributed by atoms with van der Waals surface area (Å²) in [5.74, 6) is 0. The Hall–Kier alpha value is -1.90. The lowest BCUT2D eigenvalue weighted by Crippen LogP contribution is -2.18. The zero-order valence-electron chi connectivity index (χ0n) is 11.5. The molecular weight excluding hydrogens is 298 g/mol. The minimum absolute atomic E-state index is 0.524. The van der Waals surface area contributed by atoms with Crippen molar-refractivity contribution in [3.63, 3.8) is 0 Å². The second-order valence-electron chi connectivity index (χ2n) is 4.97. The average Bonchev–Trinajstić information content (AvgIpc) is 2.85. The molecule has 0 bridgehead atoms. The van der Waals surface area contributed by atoms with Crippen molar-refractivity contribution in [1.82, 2.24) is 0 Å². The largest absolute Gasteiger partial charge is 0.332 e. The highest BCUT2D eigenvalue weighted by atomic mass is 32.1. The monoisotopic (exact) mass is 313 g/mol. The number of hydrogen-bond donors (Lipinski definition) is 2. The van der Waals surface area contributed by atoms with Crippen LogP contribution in [0.3, 0.4) is 0 Å². The summed E-state index contributed by atoms with van der Waals surface area (Å²) in [6.07, 6.45) is 4.47. The third kappa shape index (κ3) is 3.07. The molecule has 0 amide bonds. The lowest BCUT2D eigenvalue weighted by Gasteiger charge is -2.10. The Labute approximate surface area is 133 Å². The van der Waals surface area contributed by atoms with Gasteiger partial charge in [0.15, 0.2) is 5.11 Å². The zero-order chi connectivity index (χ0) is 14.7. The molecular formula is C16H15N3S2. The molecule has 0 aliphatic heterocycles. The van der Waals surface area contributed by atoms with Crippen LogP contribution in [0.2, 0.25) is 0 Å². The van der Waals surface area contributed by atoms with Crippen LogP contribution in [0.15, 0.2) is 30.3 Å². The number of nitriles is 1. The molecule has 2 aromatic rings. The predicted molar refractivity (Wildman–Crippen MR) is 92.0 cm³/mol. The first-order chi connectivity index (χ1) is 10.3. The van der Waals surface area contributed by atoms with Gasteiger partial charge in [0.05, 0.1) is 5.56 Å². The van der Waals surface area contributed by atoms with Crippen LogP contribution < -0.4 is 10.6 Å². The van der Waals surface area contributed by atoms with E-state index >= 15 is 0 Å². The van der Waals surface area contributed by atoms with Gasteiger partial charge in [-0.05, 0) is 55.6 Å². The van der Waals surface area contributed by atoms with Crippen molar-refractivity contribution in [3.8, 4) is 6.07 Å². The van der Waals surface area contributed by atoms with Crippen molar-refractivity contribution in [1.29, 1.82) is 5.26 Å². The van der Waals surface area contributed by atoms with E-state index in [9.17, 15) is 5.26 Å². The van der Waals surface area contributed by atoms with Crippen LogP contribution in [-0.4, -0.2) is 5.11 Å². The average molecular weight is 313 g/mol. The summed E-state index contributed by atoms with van der Waals surface area (Å²) in [5, 5.41) is 17.1. The van der Waals surface area contributed by atoms with Crippen LogP contribution in [0.4, 0.5) is 10.7 Å². The molecule has 0 atom stereocenters. The van der Waals surface area contributed by atoms with Gasteiger partial charge in [-0.3, -0.25) is 0 Å². The Morgan fingerprint density at radius 2 is 1.90 bits per heavy atom. The lowest BCUT2D eigenvalue weighted by atomic mass is 9.96. The second kappa shape index (κ2) is 6.25. The van der Waals surface area contributed by atoms with Gasteiger partial charge >= 0.3 is 0 Å². The highest BCUT2D eigenvalue weighted by Crippen LogP contribution is 2.37. The van der Waals surface area contributed by atoms with E-state index in [0.717, 1.165) is 29.1 Å². The summed E-state index contributed by atoms with van der Waals surface area (Å²) in [6, 6.07) is 12.1. The van der Waals surface area contributed by atoms with Crippen molar-refractivity contribution in [2.45, 2.75) is 25.7 Å². The molecule has 0 saturated carbocycles. The summed E-state index contributed by atoms with van der Waals surface area (Å²) >= 11 is 7.01. The predicted octanol–water partition coefficient (Wildman–Crippen LogP) is 4.31. The van der Waals surface area contributed by atoms with Crippen LogP contribution in [0, 0.1) is 11.3 Å². The number of benzene rings is 1. The molecule has 2 N–H and O–H groups in total. The van der Waals surface area contributed by atoms with Crippen LogP contribution in [0.5, 0.6) is 0 Å². The number of fused-ring (bicyclic) bond motifs is 1. The Morgan fingerprint density at radius 1 is 1.14 bits per heavy atom. The fourth-order valence-electron chi connectivity index (χ4n) is 2.56. The Bertz CT molecular complexity index is 698. The minimum atomic E-state index is 0.524. The van der Waals surface area contributed by atoms with E-state index in [1.165, 1.54) is 23.3 Å². The van der Waals surface area contributed by atoms with Gasteiger partial charge in [-0.1, -0.05) is 18.2 Å². The number of thiocarbonyl (C=S) groups is 1. The topological polar surface area (TPSA) is 47.9 Å².